The van der Waals surface area contributed by atoms with Crippen LogP contribution in [0.4, 0.5) is 0 Å². The van der Waals surface area contributed by atoms with Gasteiger partial charge in [-0.2, -0.15) is 0 Å². The van der Waals surface area contributed by atoms with Crippen molar-refractivity contribution in [1.82, 2.24) is 0 Å². The van der Waals surface area contributed by atoms with Gasteiger partial charge in [-0.1, -0.05) is 72.8 Å². The van der Waals surface area contributed by atoms with Crippen LogP contribution >= 0.6 is 0 Å². The average molecular weight is 479 g/mol. The van der Waals surface area contributed by atoms with Crippen LogP contribution in [0.5, 0.6) is 0 Å². The van der Waals surface area contributed by atoms with Crippen molar-refractivity contribution in [3.63, 3.8) is 0 Å². The summed E-state index contributed by atoms with van der Waals surface area (Å²) in [6.45, 7) is 1.29. The van der Waals surface area contributed by atoms with E-state index >= 15 is 0 Å². The molecule has 1 fully saturated rings. The molecule has 0 aliphatic heterocycles. The predicted molar refractivity (Wildman–Crippen MR) is 128 cm³/mol. The summed E-state index contributed by atoms with van der Waals surface area (Å²) in [5.41, 5.74) is -0.136. The molecule has 7 heteroatoms. The second kappa shape index (κ2) is 12.6. The van der Waals surface area contributed by atoms with Gasteiger partial charge < -0.3 is 14.2 Å². The van der Waals surface area contributed by atoms with Gasteiger partial charge in [0.15, 0.2) is 5.41 Å². The Labute approximate surface area is 205 Å². The Morgan fingerprint density at radius 1 is 0.857 bits per heavy atom. The van der Waals surface area contributed by atoms with E-state index in [4.69, 9.17) is 14.2 Å². The molecule has 1 aliphatic carbocycles. The molecule has 0 radical (unpaired) electrons. The summed E-state index contributed by atoms with van der Waals surface area (Å²) in [4.78, 5) is 50.4. The van der Waals surface area contributed by atoms with Crippen molar-refractivity contribution in [2.75, 3.05) is 6.61 Å². The molecular formula is C28H30O7. The van der Waals surface area contributed by atoms with Crippen LogP contribution in [0.2, 0.25) is 0 Å². The van der Waals surface area contributed by atoms with Crippen LogP contribution < -0.4 is 0 Å². The van der Waals surface area contributed by atoms with Crippen LogP contribution in [0.3, 0.4) is 0 Å². The smallest absolute Gasteiger partial charge is 0.324 e. The summed E-state index contributed by atoms with van der Waals surface area (Å²) in [6.07, 6.45) is 3.92. The molecule has 0 spiro atoms. The van der Waals surface area contributed by atoms with Crippen LogP contribution in [-0.2, 0) is 46.6 Å². The summed E-state index contributed by atoms with van der Waals surface area (Å²) in [6, 6.07) is 18.3. The molecule has 184 valence electrons. The molecule has 0 saturated heterocycles. The fourth-order valence-electron chi connectivity index (χ4n) is 4.19. The molecule has 0 amide bonds. The standard InChI is InChI=1S/C28H30O7/c1-21(29)33-17-9-8-16-28(24-14-15-25(30)18-24,26(31)34-19-22-10-4-2-5-11-22)27(32)35-20-23-12-6-3-7-13-23/h2-13,24H,14-20H2,1H3/b9-8-/t24-/m0/s1. The van der Waals surface area contributed by atoms with Gasteiger partial charge in [0, 0.05) is 19.8 Å². The minimum Gasteiger partial charge on any atom is -0.462 e. The zero-order chi connectivity index (χ0) is 25.1. The van der Waals surface area contributed by atoms with Gasteiger partial charge in [-0.25, -0.2) is 0 Å². The van der Waals surface area contributed by atoms with Gasteiger partial charge in [-0.05, 0) is 29.9 Å². The first-order valence-corrected chi connectivity index (χ1v) is 11.6. The molecule has 2 aromatic rings. The first-order valence-electron chi connectivity index (χ1n) is 11.6. The molecular weight excluding hydrogens is 448 g/mol. The monoisotopic (exact) mass is 478 g/mol. The zero-order valence-electron chi connectivity index (χ0n) is 19.8. The van der Waals surface area contributed by atoms with E-state index in [0.29, 0.717) is 12.8 Å². The van der Waals surface area contributed by atoms with Gasteiger partial charge >= 0.3 is 17.9 Å². The molecule has 3 rings (SSSR count). The number of hydrogen-bond donors (Lipinski definition) is 0. The first-order chi connectivity index (χ1) is 16.9. The van der Waals surface area contributed by atoms with Crippen molar-refractivity contribution in [2.24, 2.45) is 11.3 Å². The molecule has 1 aliphatic rings. The third-order valence-corrected chi connectivity index (χ3v) is 6.09. The lowest BCUT2D eigenvalue weighted by Crippen LogP contribution is -2.47. The van der Waals surface area contributed by atoms with Crippen LogP contribution in [0.15, 0.2) is 72.8 Å². The fraction of sp³-hybridized carbons (Fsp3) is 0.357. The van der Waals surface area contributed by atoms with Crippen molar-refractivity contribution >= 4 is 23.7 Å². The number of ketones is 1. The highest BCUT2D eigenvalue weighted by molar-refractivity contribution is 6.01. The second-order valence-corrected chi connectivity index (χ2v) is 8.55. The average Bonchev–Trinajstić information content (AvgIpc) is 3.31. The van der Waals surface area contributed by atoms with Gasteiger partial charge in [-0.15, -0.1) is 0 Å². The minimum atomic E-state index is -1.69. The van der Waals surface area contributed by atoms with Crippen LogP contribution in [0, 0.1) is 11.3 Å². The van der Waals surface area contributed by atoms with Gasteiger partial charge in [-0.3, -0.25) is 19.2 Å². The quantitative estimate of drug-likeness (QED) is 0.205. The number of carbonyl (C=O) groups excluding carboxylic acids is 4. The van der Waals surface area contributed by atoms with Gasteiger partial charge in [0.05, 0.1) is 0 Å². The van der Waals surface area contributed by atoms with Crippen LogP contribution in [0.1, 0.15) is 43.7 Å². The highest BCUT2D eigenvalue weighted by atomic mass is 16.6. The molecule has 35 heavy (non-hydrogen) atoms. The Balaban J connectivity index is 1.87. The van der Waals surface area contributed by atoms with Gasteiger partial charge in [0.2, 0.25) is 0 Å². The number of ether oxygens (including phenoxy) is 3. The second-order valence-electron chi connectivity index (χ2n) is 8.55. The van der Waals surface area contributed by atoms with E-state index in [2.05, 4.69) is 0 Å². The number of Topliss-reactive ketones (excluding diaryl/α,β-unsaturated/α-hetero) is 1. The number of esters is 3. The Kier molecular flexibility index (Phi) is 9.35. The Hall–Kier alpha value is -3.74. The third kappa shape index (κ3) is 7.12. The van der Waals surface area contributed by atoms with E-state index in [9.17, 15) is 19.2 Å². The topological polar surface area (TPSA) is 96.0 Å². The summed E-state index contributed by atoms with van der Waals surface area (Å²) in [5, 5.41) is 0. The van der Waals surface area contributed by atoms with E-state index in [-0.39, 0.29) is 38.4 Å². The molecule has 0 unspecified atom stereocenters. The van der Waals surface area contributed by atoms with E-state index in [1.165, 1.54) is 6.92 Å². The molecule has 0 N–H and O–H groups in total. The van der Waals surface area contributed by atoms with Crippen molar-refractivity contribution < 1.29 is 33.4 Å². The Morgan fingerprint density at radius 2 is 1.40 bits per heavy atom. The van der Waals surface area contributed by atoms with E-state index < -0.39 is 29.2 Å². The Bertz CT molecular complexity index is 988. The van der Waals surface area contributed by atoms with Gasteiger partial charge in [0.1, 0.15) is 25.6 Å². The van der Waals surface area contributed by atoms with Crippen molar-refractivity contribution in [3.8, 4) is 0 Å². The van der Waals surface area contributed by atoms with Crippen molar-refractivity contribution in [2.45, 2.75) is 45.8 Å². The maximum absolute atomic E-state index is 13.6. The number of benzene rings is 2. The summed E-state index contributed by atoms with van der Waals surface area (Å²) >= 11 is 0. The largest absolute Gasteiger partial charge is 0.462 e. The molecule has 1 saturated carbocycles. The number of carbonyl (C=O) groups is 4. The van der Waals surface area contributed by atoms with Crippen molar-refractivity contribution in [1.29, 1.82) is 0 Å². The lowest BCUT2D eigenvalue weighted by molar-refractivity contribution is -0.179. The fourth-order valence-corrected chi connectivity index (χ4v) is 4.19. The molecule has 0 heterocycles. The third-order valence-electron chi connectivity index (χ3n) is 6.09. The van der Waals surface area contributed by atoms with E-state index in [1.54, 1.807) is 12.2 Å². The lowest BCUT2D eigenvalue weighted by Gasteiger charge is -2.33. The number of rotatable bonds is 11. The zero-order valence-corrected chi connectivity index (χ0v) is 19.8. The molecule has 7 nitrogen and oxygen atoms in total. The molecule has 0 bridgehead atoms. The summed E-state index contributed by atoms with van der Waals surface area (Å²) in [5.74, 6) is -2.45. The molecule has 0 aromatic heterocycles. The number of hydrogen-bond acceptors (Lipinski definition) is 7. The van der Waals surface area contributed by atoms with Crippen LogP contribution in [0.25, 0.3) is 0 Å². The number of allylic oxidation sites excluding steroid dienone is 1. The maximum atomic E-state index is 13.6. The highest BCUT2D eigenvalue weighted by Gasteiger charge is 2.55. The van der Waals surface area contributed by atoms with Crippen molar-refractivity contribution in [3.05, 3.63) is 83.9 Å². The molecule has 1 atom stereocenters. The highest BCUT2D eigenvalue weighted by Crippen LogP contribution is 2.44. The normalized spacial score (nSPS) is 15.7. The van der Waals surface area contributed by atoms with E-state index in [0.717, 1.165) is 11.1 Å². The lowest BCUT2D eigenvalue weighted by atomic mass is 9.71. The SMILES string of the molecule is CC(=O)OC/C=C\CC(C(=O)OCc1ccccc1)(C(=O)OCc1ccccc1)[C@H]1CCC(=O)C1. The maximum Gasteiger partial charge on any atom is 0.324 e. The summed E-state index contributed by atoms with van der Waals surface area (Å²) < 4.78 is 16.2. The predicted octanol–water partition coefficient (Wildman–Crippen LogP) is 4.34. The Morgan fingerprint density at radius 3 is 1.86 bits per heavy atom. The summed E-state index contributed by atoms with van der Waals surface area (Å²) in [7, 11) is 0. The van der Waals surface area contributed by atoms with Crippen LogP contribution in [-0.4, -0.2) is 30.3 Å². The first kappa shape index (κ1) is 25.9. The molecule has 2 aromatic carbocycles. The van der Waals surface area contributed by atoms with Gasteiger partial charge in [0.25, 0.3) is 0 Å². The van der Waals surface area contributed by atoms with E-state index in [1.807, 2.05) is 60.7 Å². The minimum absolute atomic E-state index is 0.00464.